The number of methoxy groups -OCH3 is 1. The molecule has 1 aliphatic rings. The lowest BCUT2D eigenvalue weighted by Crippen LogP contribution is -2.42. The van der Waals surface area contributed by atoms with Crippen molar-refractivity contribution >= 4 is 17.5 Å². The van der Waals surface area contributed by atoms with Crippen molar-refractivity contribution in [2.75, 3.05) is 25.5 Å². The smallest absolute Gasteiger partial charge is 0.270 e. The standard InChI is InChI=1S/C26H29N3O4/c1-18-10-11-20(28-25(30)24(32-2)19-7-4-3-5-8-19)17-23(18)33-21-12-15-29(16-13-21)26(31)22-9-6-14-27-22/h3-11,14,17,21,24,27H,12-13,15-16H2,1-2H3,(H,28,30)/t24-/m1/s1. The zero-order valence-electron chi connectivity index (χ0n) is 18.9. The van der Waals surface area contributed by atoms with Gasteiger partial charge in [-0.1, -0.05) is 36.4 Å². The number of nitrogens with zero attached hydrogens (tertiary/aromatic N) is 1. The number of hydrogen-bond donors (Lipinski definition) is 2. The summed E-state index contributed by atoms with van der Waals surface area (Å²) in [5, 5.41) is 2.93. The number of nitrogens with one attached hydrogen (secondary N) is 2. The van der Waals surface area contributed by atoms with Gasteiger partial charge in [0.25, 0.3) is 11.8 Å². The molecule has 172 valence electrons. The van der Waals surface area contributed by atoms with Gasteiger partial charge in [-0.05, 0) is 36.2 Å². The second-order valence-electron chi connectivity index (χ2n) is 8.19. The molecule has 7 nitrogen and oxygen atoms in total. The van der Waals surface area contributed by atoms with Gasteiger partial charge in [-0.15, -0.1) is 0 Å². The van der Waals surface area contributed by atoms with Gasteiger partial charge in [0, 0.05) is 51.0 Å². The number of carbonyl (C=O) groups excluding carboxylic acids is 2. The average Bonchev–Trinajstić information content (AvgIpc) is 3.37. The summed E-state index contributed by atoms with van der Waals surface area (Å²) in [4.78, 5) is 30.1. The summed E-state index contributed by atoms with van der Waals surface area (Å²) in [5.41, 5.74) is 3.04. The Balaban J connectivity index is 1.37. The van der Waals surface area contributed by atoms with Crippen LogP contribution in [0.5, 0.6) is 5.75 Å². The third-order valence-corrected chi connectivity index (χ3v) is 5.88. The summed E-state index contributed by atoms with van der Waals surface area (Å²) in [6, 6.07) is 18.6. The second kappa shape index (κ2) is 10.4. The highest BCUT2D eigenvalue weighted by molar-refractivity contribution is 5.95. The predicted molar refractivity (Wildman–Crippen MR) is 126 cm³/mol. The van der Waals surface area contributed by atoms with Crippen LogP contribution in [-0.2, 0) is 9.53 Å². The van der Waals surface area contributed by atoms with Crippen LogP contribution in [0.25, 0.3) is 0 Å². The minimum absolute atomic E-state index is 0.0124. The normalized spacial score (nSPS) is 15.2. The molecule has 1 saturated heterocycles. The first-order chi connectivity index (χ1) is 16.0. The first-order valence-corrected chi connectivity index (χ1v) is 11.1. The van der Waals surface area contributed by atoms with Crippen molar-refractivity contribution in [1.82, 2.24) is 9.88 Å². The van der Waals surface area contributed by atoms with E-state index < -0.39 is 6.10 Å². The van der Waals surface area contributed by atoms with E-state index in [4.69, 9.17) is 9.47 Å². The number of rotatable bonds is 7. The molecule has 0 aliphatic carbocycles. The van der Waals surface area contributed by atoms with E-state index in [0.29, 0.717) is 24.5 Å². The molecule has 1 fully saturated rings. The maximum atomic E-state index is 12.8. The van der Waals surface area contributed by atoms with Gasteiger partial charge in [0.15, 0.2) is 6.10 Å². The number of anilines is 1. The number of benzene rings is 2. The molecule has 3 aromatic rings. The number of aromatic amines is 1. The van der Waals surface area contributed by atoms with E-state index in [-0.39, 0.29) is 17.9 Å². The van der Waals surface area contributed by atoms with Crippen LogP contribution in [0.2, 0.25) is 0 Å². The SMILES string of the molecule is CO[C@@H](C(=O)Nc1ccc(C)c(OC2CCN(C(=O)c3ccc[nH]3)CC2)c1)c1ccccc1. The van der Waals surface area contributed by atoms with Crippen LogP contribution in [0, 0.1) is 6.92 Å². The highest BCUT2D eigenvalue weighted by Gasteiger charge is 2.26. The largest absolute Gasteiger partial charge is 0.490 e. The Morgan fingerprint density at radius 1 is 1.06 bits per heavy atom. The van der Waals surface area contributed by atoms with Crippen molar-refractivity contribution in [3.05, 3.63) is 83.7 Å². The maximum Gasteiger partial charge on any atom is 0.270 e. The van der Waals surface area contributed by atoms with Crippen molar-refractivity contribution < 1.29 is 19.1 Å². The third kappa shape index (κ3) is 5.43. The number of H-pyrrole nitrogens is 1. The molecule has 2 heterocycles. The number of amides is 2. The van der Waals surface area contributed by atoms with Crippen molar-refractivity contribution in [3.8, 4) is 5.75 Å². The number of aryl methyl sites for hydroxylation is 1. The van der Waals surface area contributed by atoms with E-state index in [1.807, 2.05) is 66.4 Å². The molecule has 33 heavy (non-hydrogen) atoms. The van der Waals surface area contributed by atoms with Gasteiger partial charge in [0.1, 0.15) is 17.5 Å². The molecule has 0 spiro atoms. The zero-order chi connectivity index (χ0) is 23.2. The van der Waals surface area contributed by atoms with Crippen LogP contribution in [0.1, 0.15) is 40.6 Å². The molecule has 2 N–H and O–H groups in total. The number of aromatic nitrogens is 1. The molecule has 2 aromatic carbocycles. The van der Waals surface area contributed by atoms with Crippen LogP contribution in [0.3, 0.4) is 0 Å². The van der Waals surface area contributed by atoms with Gasteiger partial charge in [0.05, 0.1) is 0 Å². The topological polar surface area (TPSA) is 83.7 Å². The summed E-state index contributed by atoms with van der Waals surface area (Å²) in [7, 11) is 1.52. The number of piperidine rings is 1. The molecular weight excluding hydrogens is 418 g/mol. The summed E-state index contributed by atoms with van der Waals surface area (Å²) >= 11 is 0. The molecule has 0 bridgehead atoms. The molecule has 0 unspecified atom stereocenters. The summed E-state index contributed by atoms with van der Waals surface area (Å²) < 4.78 is 11.7. The first kappa shape index (κ1) is 22.6. The minimum atomic E-state index is -0.696. The van der Waals surface area contributed by atoms with E-state index in [2.05, 4.69) is 10.3 Å². The van der Waals surface area contributed by atoms with Gasteiger partial charge in [0.2, 0.25) is 0 Å². The molecule has 0 saturated carbocycles. The Kier molecular flexibility index (Phi) is 7.10. The first-order valence-electron chi connectivity index (χ1n) is 11.1. The van der Waals surface area contributed by atoms with E-state index >= 15 is 0 Å². The summed E-state index contributed by atoms with van der Waals surface area (Å²) in [6.45, 7) is 3.27. The lowest BCUT2D eigenvalue weighted by molar-refractivity contribution is -0.126. The van der Waals surface area contributed by atoms with Crippen LogP contribution >= 0.6 is 0 Å². The number of carbonyl (C=O) groups is 2. The van der Waals surface area contributed by atoms with E-state index in [1.54, 1.807) is 12.3 Å². The molecule has 2 amide bonds. The number of likely N-dealkylation sites (tertiary alicyclic amines) is 1. The lowest BCUT2D eigenvalue weighted by Gasteiger charge is -2.32. The van der Waals surface area contributed by atoms with Crippen molar-refractivity contribution in [2.45, 2.75) is 32.0 Å². The fourth-order valence-corrected chi connectivity index (χ4v) is 4.02. The van der Waals surface area contributed by atoms with Crippen LogP contribution in [-0.4, -0.2) is 48.0 Å². The van der Waals surface area contributed by atoms with E-state index in [9.17, 15) is 9.59 Å². The Morgan fingerprint density at radius 3 is 2.48 bits per heavy atom. The highest BCUT2D eigenvalue weighted by Crippen LogP contribution is 2.28. The van der Waals surface area contributed by atoms with Crippen LogP contribution in [0.4, 0.5) is 5.69 Å². The monoisotopic (exact) mass is 447 g/mol. The van der Waals surface area contributed by atoms with Crippen molar-refractivity contribution in [1.29, 1.82) is 0 Å². The number of hydrogen-bond acceptors (Lipinski definition) is 4. The molecule has 4 rings (SSSR count). The molecule has 1 atom stereocenters. The molecular formula is C26H29N3O4. The minimum Gasteiger partial charge on any atom is -0.490 e. The van der Waals surface area contributed by atoms with Crippen molar-refractivity contribution in [3.63, 3.8) is 0 Å². The quantitative estimate of drug-likeness (QED) is 0.565. The van der Waals surface area contributed by atoms with Gasteiger partial charge in [-0.3, -0.25) is 9.59 Å². The van der Waals surface area contributed by atoms with Gasteiger partial charge < -0.3 is 24.7 Å². The summed E-state index contributed by atoms with van der Waals surface area (Å²) in [5.74, 6) is 0.510. The van der Waals surface area contributed by atoms with Gasteiger partial charge >= 0.3 is 0 Å². The third-order valence-electron chi connectivity index (χ3n) is 5.88. The summed E-state index contributed by atoms with van der Waals surface area (Å²) in [6.07, 6.45) is 2.58. The lowest BCUT2D eigenvalue weighted by atomic mass is 10.1. The predicted octanol–water partition coefficient (Wildman–Crippen LogP) is 4.33. The Bertz CT molecular complexity index is 1070. The van der Waals surface area contributed by atoms with E-state index in [1.165, 1.54) is 7.11 Å². The Morgan fingerprint density at radius 2 is 1.82 bits per heavy atom. The van der Waals surface area contributed by atoms with Crippen LogP contribution in [0.15, 0.2) is 66.9 Å². The highest BCUT2D eigenvalue weighted by atomic mass is 16.5. The maximum absolute atomic E-state index is 12.8. The number of ether oxygens (including phenoxy) is 2. The van der Waals surface area contributed by atoms with Crippen LogP contribution < -0.4 is 10.1 Å². The molecule has 7 heteroatoms. The van der Waals surface area contributed by atoms with Crippen molar-refractivity contribution in [2.24, 2.45) is 0 Å². The fourth-order valence-electron chi connectivity index (χ4n) is 4.02. The van der Waals surface area contributed by atoms with E-state index in [0.717, 1.165) is 29.7 Å². The Hall–Kier alpha value is -3.58. The molecule has 1 aromatic heterocycles. The molecule has 0 radical (unpaired) electrons. The fraction of sp³-hybridized carbons (Fsp3) is 0.308. The second-order valence-corrected chi connectivity index (χ2v) is 8.19. The Labute approximate surface area is 193 Å². The van der Waals surface area contributed by atoms with Gasteiger partial charge in [-0.2, -0.15) is 0 Å². The average molecular weight is 448 g/mol. The zero-order valence-corrected chi connectivity index (χ0v) is 18.9. The molecule has 1 aliphatic heterocycles. The van der Waals surface area contributed by atoms with Gasteiger partial charge in [-0.25, -0.2) is 0 Å².